The van der Waals surface area contributed by atoms with Gasteiger partial charge < -0.3 is 14.6 Å². The lowest BCUT2D eigenvalue weighted by atomic mass is 9.96. The third-order valence-corrected chi connectivity index (χ3v) is 6.74. The number of halogens is 1. The Morgan fingerprint density at radius 3 is 2.59 bits per heavy atom. The van der Waals surface area contributed by atoms with E-state index in [0.717, 1.165) is 49.4 Å². The van der Waals surface area contributed by atoms with Gasteiger partial charge in [-0.25, -0.2) is 0 Å². The lowest BCUT2D eigenvalue weighted by Gasteiger charge is -2.30. The highest BCUT2D eigenvalue weighted by Crippen LogP contribution is 2.24. The number of amides is 1. The van der Waals surface area contributed by atoms with Crippen molar-refractivity contribution in [2.24, 2.45) is 5.92 Å². The topological polar surface area (TPSA) is 80.5 Å². The number of hydrogen-bond donors (Lipinski definition) is 1. The van der Waals surface area contributed by atoms with Crippen LogP contribution in [0.15, 0.2) is 83.4 Å². The number of benzene rings is 3. The number of carbonyl (C=O) groups excluding carboxylic acids is 1. The largest absolute Gasteiger partial charge is 0.493 e. The molecule has 3 aromatic carbocycles. The van der Waals surface area contributed by atoms with E-state index < -0.39 is 0 Å². The summed E-state index contributed by atoms with van der Waals surface area (Å²) < 4.78 is 11.3. The summed E-state index contributed by atoms with van der Waals surface area (Å²) in [7, 11) is 0. The Labute approximate surface area is 221 Å². The zero-order valence-corrected chi connectivity index (χ0v) is 21.2. The van der Waals surface area contributed by atoms with E-state index >= 15 is 0 Å². The lowest BCUT2D eigenvalue weighted by Crippen LogP contribution is -2.37. The molecule has 0 unspecified atom stereocenters. The molecule has 0 bridgehead atoms. The van der Waals surface area contributed by atoms with Crippen LogP contribution >= 0.6 is 11.6 Å². The molecule has 1 aliphatic rings. The molecule has 1 aliphatic heterocycles. The Bertz CT molecular complexity index is 1300. The van der Waals surface area contributed by atoms with Gasteiger partial charge in [0.25, 0.3) is 0 Å². The minimum atomic E-state index is -0.0359. The van der Waals surface area contributed by atoms with Crippen molar-refractivity contribution in [1.82, 2.24) is 15.0 Å². The molecule has 0 spiro atoms. The first-order valence-corrected chi connectivity index (χ1v) is 12.9. The van der Waals surface area contributed by atoms with Crippen molar-refractivity contribution in [2.75, 3.05) is 25.0 Å². The van der Waals surface area contributed by atoms with Crippen LogP contribution in [0.4, 0.5) is 5.69 Å². The van der Waals surface area contributed by atoms with Gasteiger partial charge in [-0.05, 0) is 67.9 Å². The average molecular weight is 517 g/mol. The Hall–Kier alpha value is -3.68. The molecule has 0 radical (unpaired) electrons. The molecule has 1 saturated heterocycles. The molecular weight excluding hydrogens is 488 g/mol. The van der Waals surface area contributed by atoms with Crippen LogP contribution < -0.4 is 10.1 Å². The van der Waals surface area contributed by atoms with Gasteiger partial charge >= 0.3 is 0 Å². The van der Waals surface area contributed by atoms with Gasteiger partial charge in [-0.15, -0.1) is 0 Å². The van der Waals surface area contributed by atoms with Gasteiger partial charge in [-0.1, -0.05) is 53.2 Å². The van der Waals surface area contributed by atoms with E-state index in [1.165, 1.54) is 5.56 Å². The standard InChI is InChI=1S/C29H29ClN4O3/c30-24-11-9-22(10-12-24)28-32-27(37-33-28)20-34-16-13-23(14-17-34)29(35)31-25-7-4-8-26(19-25)36-18-15-21-5-2-1-3-6-21/h1-12,19,23H,13-18,20H2,(H,31,35). The molecule has 1 fully saturated rings. The van der Waals surface area contributed by atoms with E-state index in [0.29, 0.717) is 29.9 Å². The molecule has 7 nitrogen and oxygen atoms in total. The zero-order valence-electron chi connectivity index (χ0n) is 20.5. The van der Waals surface area contributed by atoms with E-state index in [-0.39, 0.29) is 11.8 Å². The number of ether oxygens (including phenoxy) is 1. The SMILES string of the molecule is O=C(Nc1cccc(OCCc2ccccc2)c1)C1CCN(Cc2nc(-c3ccc(Cl)cc3)no2)CC1. The fraction of sp³-hybridized carbons (Fsp3) is 0.276. The minimum Gasteiger partial charge on any atom is -0.493 e. The highest BCUT2D eigenvalue weighted by molar-refractivity contribution is 6.30. The number of hydrogen-bond acceptors (Lipinski definition) is 6. The van der Waals surface area contributed by atoms with E-state index in [1.807, 2.05) is 54.6 Å². The number of rotatable bonds is 9. The van der Waals surface area contributed by atoms with Crippen molar-refractivity contribution in [3.05, 3.63) is 95.3 Å². The quantitative estimate of drug-likeness (QED) is 0.300. The second kappa shape index (κ2) is 12.0. The molecule has 1 N–H and O–H groups in total. The van der Waals surface area contributed by atoms with Crippen LogP contribution in [0.3, 0.4) is 0 Å². The van der Waals surface area contributed by atoms with Crippen molar-refractivity contribution >= 4 is 23.2 Å². The number of aromatic nitrogens is 2. The number of anilines is 1. The Balaban J connectivity index is 1.07. The summed E-state index contributed by atoms with van der Waals surface area (Å²) in [4.78, 5) is 19.7. The smallest absolute Gasteiger partial charge is 0.241 e. The first kappa shape index (κ1) is 25.0. The first-order valence-electron chi connectivity index (χ1n) is 12.5. The summed E-state index contributed by atoms with van der Waals surface area (Å²) >= 11 is 5.95. The van der Waals surface area contributed by atoms with E-state index in [4.69, 9.17) is 20.9 Å². The maximum atomic E-state index is 12.9. The number of carbonyl (C=O) groups is 1. The third-order valence-electron chi connectivity index (χ3n) is 6.49. The minimum absolute atomic E-state index is 0.0359. The van der Waals surface area contributed by atoms with E-state index in [1.54, 1.807) is 12.1 Å². The predicted octanol–water partition coefficient (Wildman–Crippen LogP) is 5.86. The zero-order chi connectivity index (χ0) is 25.5. The summed E-state index contributed by atoms with van der Waals surface area (Å²) in [6.07, 6.45) is 2.39. The average Bonchev–Trinajstić information content (AvgIpc) is 3.39. The Kier molecular flexibility index (Phi) is 8.13. The Morgan fingerprint density at radius 2 is 1.81 bits per heavy atom. The fourth-order valence-electron chi connectivity index (χ4n) is 4.42. The van der Waals surface area contributed by atoms with Crippen molar-refractivity contribution in [3.8, 4) is 17.1 Å². The van der Waals surface area contributed by atoms with Gasteiger partial charge in [0.2, 0.25) is 17.6 Å². The normalized spacial score (nSPS) is 14.4. The molecule has 8 heteroatoms. The van der Waals surface area contributed by atoms with Gasteiger partial charge in [0.1, 0.15) is 5.75 Å². The fourth-order valence-corrected chi connectivity index (χ4v) is 4.55. The molecule has 4 aromatic rings. The summed E-state index contributed by atoms with van der Waals surface area (Å²) in [6, 6.07) is 25.2. The molecular formula is C29H29ClN4O3. The Morgan fingerprint density at radius 1 is 1.03 bits per heavy atom. The van der Waals surface area contributed by atoms with Crippen LogP contribution in [-0.4, -0.2) is 40.6 Å². The van der Waals surface area contributed by atoms with Crippen LogP contribution in [0.5, 0.6) is 5.75 Å². The van der Waals surface area contributed by atoms with Crippen LogP contribution in [0, 0.1) is 5.92 Å². The maximum absolute atomic E-state index is 12.9. The summed E-state index contributed by atoms with van der Waals surface area (Å²) in [6.45, 7) is 2.73. The molecule has 0 saturated carbocycles. The van der Waals surface area contributed by atoms with Gasteiger partial charge in [0.05, 0.1) is 13.2 Å². The van der Waals surface area contributed by atoms with Crippen molar-refractivity contribution < 1.29 is 14.1 Å². The third kappa shape index (κ3) is 6.96. The first-order chi connectivity index (χ1) is 18.1. The molecule has 37 heavy (non-hydrogen) atoms. The van der Waals surface area contributed by atoms with Gasteiger partial charge in [0, 0.05) is 34.7 Å². The molecule has 2 heterocycles. The van der Waals surface area contributed by atoms with Crippen LogP contribution in [0.25, 0.3) is 11.4 Å². The highest BCUT2D eigenvalue weighted by Gasteiger charge is 2.26. The summed E-state index contributed by atoms with van der Waals surface area (Å²) in [5.74, 6) is 1.88. The van der Waals surface area contributed by atoms with Gasteiger partial charge in [-0.3, -0.25) is 9.69 Å². The van der Waals surface area contributed by atoms with Crippen LogP contribution in [0.1, 0.15) is 24.3 Å². The second-order valence-corrected chi connectivity index (χ2v) is 9.61. The molecule has 1 amide bonds. The predicted molar refractivity (Wildman–Crippen MR) is 143 cm³/mol. The summed E-state index contributed by atoms with van der Waals surface area (Å²) in [5.41, 5.74) is 2.85. The highest BCUT2D eigenvalue weighted by atomic mass is 35.5. The molecule has 1 aromatic heterocycles. The number of likely N-dealkylation sites (tertiary alicyclic amines) is 1. The number of nitrogens with zero attached hydrogens (tertiary/aromatic N) is 3. The number of nitrogens with one attached hydrogen (secondary N) is 1. The van der Waals surface area contributed by atoms with E-state index in [9.17, 15) is 4.79 Å². The van der Waals surface area contributed by atoms with Crippen LogP contribution in [-0.2, 0) is 17.8 Å². The monoisotopic (exact) mass is 516 g/mol. The molecule has 0 atom stereocenters. The number of piperidine rings is 1. The van der Waals surface area contributed by atoms with Crippen molar-refractivity contribution in [3.63, 3.8) is 0 Å². The van der Waals surface area contributed by atoms with Crippen LogP contribution in [0.2, 0.25) is 5.02 Å². The molecule has 0 aliphatic carbocycles. The summed E-state index contributed by atoms with van der Waals surface area (Å²) in [5, 5.41) is 7.81. The second-order valence-electron chi connectivity index (χ2n) is 9.17. The van der Waals surface area contributed by atoms with Gasteiger partial charge in [-0.2, -0.15) is 4.98 Å². The lowest BCUT2D eigenvalue weighted by molar-refractivity contribution is -0.121. The van der Waals surface area contributed by atoms with Crippen molar-refractivity contribution in [2.45, 2.75) is 25.8 Å². The van der Waals surface area contributed by atoms with E-state index in [2.05, 4.69) is 32.5 Å². The molecule has 5 rings (SSSR count). The van der Waals surface area contributed by atoms with Gasteiger partial charge in [0.15, 0.2) is 0 Å². The van der Waals surface area contributed by atoms with Crippen molar-refractivity contribution in [1.29, 1.82) is 0 Å². The molecule has 190 valence electrons. The maximum Gasteiger partial charge on any atom is 0.241 e.